The van der Waals surface area contributed by atoms with Crippen LogP contribution in [0.15, 0.2) is 45.9 Å². The standard InChI is InChI=1S/C19H24N2O6S/c1-12(2)26-17(22)11-15(14-7-5-13(3)6-8-14)21-19(23)16-9-10-18(27-16)28(24,25)20-4/h5-10,12,15,20H,11H2,1-4H3,(H,21,23). The predicted octanol–water partition coefficient (Wildman–Crippen LogP) is 2.31. The highest BCUT2D eigenvalue weighted by atomic mass is 32.2. The van der Waals surface area contributed by atoms with Gasteiger partial charge in [0.2, 0.25) is 5.09 Å². The third-order valence-corrected chi connectivity index (χ3v) is 5.15. The number of amides is 1. The number of nitrogens with one attached hydrogen (secondary N) is 2. The quantitative estimate of drug-likeness (QED) is 0.648. The zero-order valence-corrected chi connectivity index (χ0v) is 17.0. The molecule has 2 N–H and O–H groups in total. The van der Waals surface area contributed by atoms with Crippen molar-refractivity contribution in [2.75, 3.05) is 7.05 Å². The van der Waals surface area contributed by atoms with E-state index in [0.29, 0.717) is 5.56 Å². The van der Waals surface area contributed by atoms with E-state index < -0.39 is 27.9 Å². The maximum absolute atomic E-state index is 12.6. The summed E-state index contributed by atoms with van der Waals surface area (Å²) >= 11 is 0. The van der Waals surface area contributed by atoms with Crippen molar-refractivity contribution in [1.29, 1.82) is 0 Å². The Balaban J connectivity index is 2.22. The molecule has 0 saturated heterocycles. The molecule has 1 aromatic heterocycles. The first kappa shape index (κ1) is 21.6. The number of ether oxygens (including phenoxy) is 1. The number of benzene rings is 1. The molecule has 0 spiro atoms. The third-order valence-electron chi connectivity index (χ3n) is 3.86. The molecule has 28 heavy (non-hydrogen) atoms. The van der Waals surface area contributed by atoms with Gasteiger partial charge in [-0.2, -0.15) is 0 Å². The van der Waals surface area contributed by atoms with E-state index in [4.69, 9.17) is 9.15 Å². The number of carbonyl (C=O) groups is 2. The van der Waals surface area contributed by atoms with E-state index in [2.05, 4.69) is 10.0 Å². The molecule has 152 valence electrons. The van der Waals surface area contributed by atoms with Gasteiger partial charge in [0.25, 0.3) is 15.9 Å². The minimum Gasteiger partial charge on any atom is -0.463 e. The second-order valence-electron chi connectivity index (χ2n) is 6.51. The summed E-state index contributed by atoms with van der Waals surface area (Å²) in [4.78, 5) is 24.7. The Hall–Kier alpha value is -2.65. The third kappa shape index (κ3) is 5.67. The van der Waals surface area contributed by atoms with Crippen LogP contribution < -0.4 is 10.0 Å². The first-order valence-electron chi connectivity index (χ1n) is 8.72. The summed E-state index contributed by atoms with van der Waals surface area (Å²) in [6.45, 7) is 5.41. The Morgan fingerprint density at radius 2 is 1.75 bits per heavy atom. The molecule has 8 nitrogen and oxygen atoms in total. The predicted molar refractivity (Wildman–Crippen MR) is 102 cm³/mol. The van der Waals surface area contributed by atoms with E-state index in [9.17, 15) is 18.0 Å². The molecule has 2 aromatic rings. The summed E-state index contributed by atoms with van der Waals surface area (Å²) in [5, 5.41) is 2.34. The average Bonchev–Trinajstić information content (AvgIpc) is 3.12. The molecule has 0 saturated carbocycles. The molecule has 0 fully saturated rings. The van der Waals surface area contributed by atoms with Crippen molar-refractivity contribution in [2.45, 2.75) is 44.4 Å². The van der Waals surface area contributed by atoms with Gasteiger partial charge in [0.1, 0.15) is 0 Å². The van der Waals surface area contributed by atoms with Gasteiger partial charge >= 0.3 is 5.97 Å². The first-order valence-corrected chi connectivity index (χ1v) is 10.2. The lowest BCUT2D eigenvalue weighted by Gasteiger charge is -2.19. The lowest BCUT2D eigenvalue weighted by molar-refractivity contribution is -0.147. The summed E-state index contributed by atoms with van der Waals surface area (Å²) in [7, 11) is -2.56. The van der Waals surface area contributed by atoms with E-state index in [-0.39, 0.29) is 23.4 Å². The number of furan rings is 1. The van der Waals surface area contributed by atoms with Crippen LogP contribution in [0.4, 0.5) is 0 Å². The Morgan fingerprint density at radius 1 is 1.11 bits per heavy atom. The molecule has 1 aromatic carbocycles. The maximum Gasteiger partial charge on any atom is 0.308 e. The Bertz CT molecular complexity index is 932. The second kappa shape index (κ2) is 9.03. The van der Waals surface area contributed by atoms with E-state index >= 15 is 0 Å². The Kier molecular flexibility index (Phi) is 6.98. The Morgan fingerprint density at radius 3 is 2.32 bits per heavy atom. The van der Waals surface area contributed by atoms with Crippen molar-refractivity contribution in [3.63, 3.8) is 0 Å². The van der Waals surface area contributed by atoms with Crippen molar-refractivity contribution < 1.29 is 27.2 Å². The first-order chi connectivity index (χ1) is 13.1. The van der Waals surface area contributed by atoms with Crippen LogP contribution >= 0.6 is 0 Å². The second-order valence-corrected chi connectivity index (χ2v) is 8.32. The molecule has 0 radical (unpaired) electrons. The van der Waals surface area contributed by atoms with Crippen LogP contribution in [-0.2, 0) is 19.6 Å². The topological polar surface area (TPSA) is 115 Å². The van der Waals surface area contributed by atoms with E-state index in [1.165, 1.54) is 19.2 Å². The van der Waals surface area contributed by atoms with Crippen molar-refractivity contribution >= 4 is 21.9 Å². The number of hydrogen-bond donors (Lipinski definition) is 2. The van der Waals surface area contributed by atoms with Gasteiger partial charge in [-0.3, -0.25) is 9.59 Å². The Labute approximate surface area is 164 Å². The van der Waals surface area contributed by atoms with Crippen LogP contribution in [0.1, 0.15) is 48.0 Å². The summed E-state index contributed by atoms with van der Waals surface area (Å²) in [6.07, 6.45) is -0.351. The van der Waals surface area contributed by atoms with Gasteiger partial charge in [0.05, 0.1) is 18.6 Å². The smallest absolute Gasteiger partial charge is 0.308 e. The largest absolute Gasteiger partial charge is 0.463 e. The minimum absolute atomic E-state index is 0.0740. The van der Waals surface area contributed by atoms with Gasteiger partial charge in [-0.15, -0.1) is 0 Å². The summed E-state index contributed by atoms with van der Waals surface area (Å²) in [5.74, 6) is -1.28. The number of carbonyl (C=O) groups excluding carboxylic acids is 2. The molecule has 1 amide bonds. The van der Waals surface area contributed by atoms with Crippen LogP contribution in [-0.4, -0.2) is 33.4 Å². The fourth-order valence-corrected chi connectivity index (χ4v) is 3.09. The monoisotopic (exact) mass is 408 g/mol. The highest BCUT2D eigenvalue weighted by Gasteiger charge is 2.24. The van der Waals surface area contributed by atoms with Gasteiger partial charge < -0.3 is 14.5 Å². The number of hydrogen-bond acceptors (Lipinski definition) is 6. The van der Waals surface area contributed by atoms with E-state index in [0.717, 1.165) is 5.56 Å². The zero-order chi connectivity index (χ0) is 20.9. The number of esters is 1. The number of sulfonamides is 1. The maximum atomic E-state index is 12.6. The lowest BCUT2D eigenvalue weighted by atomic mass is 10.0. The zero-order valence-electron chi connectivity index (χ0n) is 16.2. The molecule has 0 aliphatic rings. The molecule has 1 heterocycles. The van der Waals surface area contributed by atoms with Crippen molar-refractivity contribution in [1.82, 2.24) is 10.0 Å². The molecule has 0 bridgehead atoms. The van der Waals surface area contributed by atoms with Crippen LogP contribution in [0.2, 0.25) is 0 Å². The van der Waals surface area contributed by atoms with Crippen LogP contribution in [0.25, 0.3) is 0 Å². The fourth-order valence-electron chi connectivity index (χ4n) is 2.45. The number of aryl methyl sites for hydroxylation is 1. The van der Waals surface area contributed by atoms with Crippen LogP contribution in [0, 0.1) is 6.92 Å². The van der Waals surface area contributed by atoms with Crippen molar-refractivity contribution in [3.8, 4) is 0 Å². The SMILES string of the molecule is CNS(=O)(=O)c1ccc(C(=O)NC(CC(=O)OC(C)C)c2ccc(C)cc2)o1. The van der Waals surface area contributed by atoms with Crippen molar-refractivity contribution in [3.05, 3.63) is 53.3 Å². The summed E-state index contributed by atoms with van der Waals surface area (Å²) < 4.78 is 36.0. The highest BCUT2D eigenvalue weighted by molar-refractivity contribution is 7.89. The van der Waals surface area contributed by atoms with Gasteiger partial charge in [-0.05, 0) is 45.5 Å². The lowest BCUT2D eigenvalue weighted by Crippen LogP contribution is -2.31. The van der Waals surface area contributed by atoms with Crippen LogP contribution in [0.3, 0.4) is 0 Å². The molecular weight excluding hydrogens is 384 g/mol. The normalized spacial score (nSPS) is 12.6. The molecule has 0 aliphatic carbocycles. The molecular formula is C19H24N2O6S. The molecule has 9 heteroatoms. The fraction of sp³-hybridized carbons (Fsp3) is 0.368. The van der Waals surface area contributed by atoms with E-state index in [1.807, 2.05) is 31.2 Å². The van der Waals surface area contributed by atoms with Crippen LogP contribution in [0.5, 0.6) is 0 Å². The summed E-state index contributed by atoms with van der Waals surface area (Å²) in [5.41, 5.74) is 1.75. The van der Waals surface area contributed by atoms with Gasteiger partial charge in [0.15, 0.2) is 5.76 Å². The van der Waals surface area contributed by atoms with E-state index in [1.54, 1.807) is 13.8 Å². The van der Waals surface area contributed by atoms with Gasteiger partial charge in [0, 0.05) is 0 Å². The molecule has 1 atom stereocenters. The highest BCUT2D eigenvalue weighted by Crippen LogP contribution is 2.21. The average molecular weight is 408 g/mol. The summed E-state index contributed by atoms with van der Waals surface area (Å²) in [6, 6.07) is 9.14. The molecule has 1 unspecified atom stereocenters. The van der Waals surface area contributed by atoms with Gasteiger partial charge in [-0.1, -0.05) is 29.8 Å². The minimum atomic E-state index is -3.80. The molecule has 0 aliphatic heterocycles. The molecule has 2 rings (SSSR count). The van der Waals surface area contributed by atoms with Crippen molar-refractivity contribution in [2.24, 2.45) is 0 Å². The van der Waals surface area contributed by atoms with Gasteiger partial charge in [-0.25, -0.2) is 13.1 Å². The number of rotatable bonds is 8.